The minimum Gasteiger partial charge on any atom is -0.462 e. The minimum atomic E-state index is -0.378. The summed E-state index contributed by atoms with van der Waals surface area (Å²) in [6.07, 6.45) is 6.88. The lowest BCUT2D eigenvalue weighted by molar-refractivity contribution is 0.0525. The van der Waals surface area contributed by atoms with Gasteiger partial charge in [0.25, 0.3) is 0 Å². The number of esters is 1. The van der Waals surface area contributed by atoms with Crippen LogP contribution in [0.3, 0.4) is 0 Å². The maximum absolute atomic E-state index is 12.4. The van der Waals surface area contributed by atoms with Crippen molar-refractivity contribution >= 4 is 34.3 Å². The van der Waals surface area contributed by atoms with Crippen molar-refractivity contribution in [2.45, 2.75) is 13.8 Å². The number of hydrogen-bond acceptors (Lipinski definition) is 6. The van der Waals surface area contributed by atoms with Crippen molar-refractivity contribution in [1.29, 1.82) is 0 Å². The first kappa shape index (κ1) is 17.7. The first-order valence-electron chi connectivity index (χ1n) is 8.89. The summed E-state index contributed by atoms with van der Waals surface area (Å²) in [5.74, 6) is -0.378. The Hall–Kier alpha value is -3.68. The highest BCUT2D eigenvalue weighted by molar-refractivity contribution is 5.98. The summed E-state index contributed by atoms with van der Waals surface area (Å²) in [4.78, 5) is 16.5. The Morgan fingerprint density at radius 3 is 2.89 bits per heavy atom. The number of ether oxygens (including phenoxy) is 1. The van der Waals surface area contributed by atoms with Gasteiger partial charge in [0.2, 0.25) is 0 Å². The first-order chi connectivity index (χ1) is 13.5. The highest BCUT2D eigenvalue weighted by Crippen LogP contribution is 2.29. The van der Waals surface area contributed by atoms with E-state index in [1.54, 1.807) is 43.3 Å². The quantitative estimate of drug-likeness (QED) is 0.335. The molecule has 0 aliphatic carbocycles. The van der Waals surface area contributed by atoms with Crippen LogP contribution in [0.1, 0.15) is 28.4 Å². The third-order valence-electron chi connectivity index (χ3n) is 4.63. The monoisotopic (exact) mass is 376 g/mol. The molecule has 8 heteroatoms. The number of aryl methyl sites for hydroxylation is 1. The smallest absolute Gasteiger partial charge is 0.340 e. The van der Waals surface area contributed by atoms with Gasteiger partial charge in [-0.2, -0.15) is 10.2 Å². The number of nitrogens with two attached hydrogens (primary N) is 1. The summed E-state index contributed by atoms with van der Waals surface area (Å²) in [5.41, 5.74) is 11.0. The molecule has 0 aliphatic rings. The van der Waals surface area contributed by atoms with E-state index in [-0.39, 0.29) is 5.97 Å². The van der Waals surface area contributed by atoms with Crippen LogP contribution in [0.2, 0.25) is 0 Å². The molecule has 0 unspecified atom stereocenters. The van der Waals surface area contributed by atoms with Crippen LogP contribution in [0.5, 0.6) is 0 Å². The molecule has 0 spiro atoms. The fourth-order valence-electron chi connectivity index (χ4n) is 3.37. The SMILES string of the molecule is CCOC(=O)c1cn2ncc(C=NC)c(-n3ncc4ccc(N)cc43)c2c1C. The van der Waals surface area contributed by atoms with Gasteiger partial charge in [-0.3, -0.25) is 4.99 Å². The maximum Gasteiger partial charge on any atom is 0.340 e. The predicted molar refractivity (Wildman–Crippen MR) is 108 cm³/mol. The Morgan fingerprint density at radius 2 is 2.14 bits per heavy atom. The Labute approximate surface area is 161 Å². The summed E-state index contributed by atoms with van der Waals surface area (Å²) in [6, 6.07) is 5.64. The highest BCUT2D eigenvalue weighted by Gasteiger charge is 2.22. The molecule has 0 radical (unpaired) electrons. The van der Waals surface area contributed by atoms with Gasteiger partial charge in [0.15, 0.2) is 0 Å². The molecule has 3 aromatic heterocycles. The van der Waals surface area contributed by atoms with Crippen LogP contribution in [0, 0.1) is 6.92 Å². The minimum absolute atomic E-state index is 0.307. The fraction of sp³-hybridized carbons (Fsp3) is 0.200. The molecule has 0 saturated heterocycles. The number of aliphatic imine (C=N–C) groups is 1. The van der Waals surface area contributed by atoms with Crippen molar-refractivity contribution < 1.29 is 9.53 Å². The number of nitrogen functional groups attached to an aromatic ring is 1. The number of fused-ring (bicyclic) bond motifs is 2. The van der Waals surface area contributed by atoms with Gasteiger partial charge in [-0.1, -0.05) is 0 Å². The van der Waals surface area contributed by atoms with Crippen molar-refractivity contribution in [3.05, 3.63) is 53.5 Å². The summed E-state index contributed by atoms with van der Waals surface area (Å²) in [5, 5.41) is 9.97. The fourth-order valence-corrected chi connectivity index (χ4v) is 3.37. The summed E-state index contributed by atoms with van der Waals surface area (Å²) < 4.78 is 8.66. The molecule has 8 nitrogen and oxygen atoms in total. The molecule has 0 amide bonds. The average molecular weight is 376 g/mol. The van der Waals surface area contributed by atoms with Gasteiger partial charge >= 0.3 is 5.97 Å². The highest BCUT2D eigenvalue weighted by atomic mass is 16.5. The third-order valence-corrected chi connectivity index (χ3v) is 4.63. The molecule has 0 fully saturated rings. The van der Waals surface area contributed by atoms with Crippen molar-refractivity contribution in [2.24, 2.45) is 4.99 Å². The molecule has 1 aromatic carbocycles. The van der Waals surface area contributed by atoms with Gasteiger partial charge in [0, 0.05) is 36.1 Å². The van der Waals surface area contributed by atoms with Gasteiger partial charge in [0.05, 0.1) is 35.6 Å². The van der Waals surface area contributed by atoms with Gasteiger partial charge in [-0.15, -0.1) is 0 Å². The molecule has 4 aromatic rings. The average Bonchev–Trinajstić information content (AvgIpc) is 3.23. The van der Waals surface area contributed by atoms with Crippen LogP contribution in [0.4, 0.5) is 5.69 Å². The molecule has 2 N–H and O–H groups in total. The predicted octanol–water partition coefficient (Wildman–Crippen LogP) is 2.79. The molecule has 0 aliphatic heterocycles. The van der Waals surface area contributed by atoms with E-state index in [0.29, 0.717) is 17.9 Å². The second-order valence-electron chi connectivity index (χ2n) is 6.39. The number of benzene rings is 1. The van der Waals surface area contributed by atoms with Gasteiger partial charge in [-0.05, 0) is 37.6 Å². The Kier molecular flexibility index (Phi) is 4.31. The van der Waals surface area contributed by atoms with Crippen LogP contribution in [-0.4, -0.2) is 45.2 Å². The van der Waals surface area contributed by atoms with Crippen molar-refractivity contribution in [2.75, 3.05) is 19.4 Å². The number of carbonyl (C=O) groups excluding carboxylic acids is 1. The van der Waals surface area contributed by atoms with Gasteiger partial charge in [0.1, 0.15) is 5.69 Å². The van der Waals surface area contributed by atoms with E-state index in [1.807, 2.05) is 29.8 Å². The van der Waals surface area contributed by atoms with Crippen LogP contribution in [0.15, 0.2) is 41.8 Å². The summed E-state index contributed by atoms with van der Waals surface area (Å²) in [6.45, 7) is 3.96. The molecule has 4 rings (SSSR count). The molecule has 142 valence electrons. The number of nitrogens with zero attached hydrogens (tertiary/aromatic N) is 5. The Morgan fingerprint density at radius 1 is 1.32 bits per heavy atom. The van der Waals surface area contributed by atoms with E-state index in [0.717, 1.165) is 33.2 Å². The van der Waals surface area contributed by atoms with Gasteiger partial charge in [-0.25, -0.2) is 14.0 Å². The van der Waals surface area contributed by atoms with E-state index in [9.17, 15) is 4.79 Å². The second-order valence-corrected chi connectivity index (χ2v) is 6.39. The van der Waals surface area contributed by atoms with Crippen molar-refractivity contribution in [1.82, 2.24) is 19.4 Å². The van der Waals surface area contributed by atoms with Gasteiger partial charge < -0.3 is 10.5 Å². The molecule has 0 saturated carbocycles. The lowest BCUT2D eigenvalue weighted by atomic mass is 10.1. The normalized spacial score (nSPS) is 11.7. The summed E-state index contributed by atoms with van der Waals surface area (Å²) in [7, 11) is 1.70. The molecule has 3 heterocycles. The Balaban J connectivity index is 2.08. The topological polar surface area (TPSA) is 99.8 Å². The number of anilines is 1. The van der Waals surface area contributed by atoms with Crippen LogP contribution >= 0.6 is 0 Å². The molecular weight excluding hydrogens is 356 g/mol. The van der Waals surface area contributed by atoms with E-state index in [1.165, 1.54) is 0 Å². The standard InChI is InChI=1S/C20H20N6O2/c1-4-28-20(27)16-11-25-18(12(16)2)19(14(8-22-3)10-23-25)26-17-7-15(21)6-5-13(17)9-24-26/h5-11H,4,21H2,1-3H3. The lowest BCUT2D eigenvalue weighted by Crippen LogP contribution is -2.07. The van der Waals surface area contributed by atoms with Crippen LogP contribution < -0.4 is 5.73 Å². The van der Waals surface area contributed by atoms with E-state index >= 15 is 0 Å². The van der Waals surface area contributed by atoms with E-state index < -0.39 is 0 Å². The first-order valence-corrected chi connectivity index (χ1v) is 8.89. The van der Waals surface area contributed by atoms with Crippen molar-refractivity contribution in [3.63, 3.8) is 0 Å². The molecule has 0 bridgehead atoms. The van der Waals surface area contributed by atoms with Crippen LogP contribution in [0.25, 0.3) is 22.1 Å². The molecular formula is C20H20N6O2. The number of hydrogen-bond donors (Lipinski definition) is 1. The lowest BCUT2D eigenvalue weighted by Gasteiger charge is -2.11. The molecule has 28 heavy (non-hydrogen) atoms. The van der Waals surface area contributed by atoms with E-state index in [4.69, 9.17) is 10.5 Å². The summed E-state index contributed by atoms with van der Waals surface area (Å²) >= 11 is 0. The number of carbonyl (C=O) groups is 1. The second kappa shape index (κ2) is 6.80. The maximum atomic E-state index is 12.4. The largest absolute Gasteiger partial charge is 0.462 e. The van der Waals surface area contributed by atoms with E-state index in [2.05, 4.69) is 15.2 Å². The third kappa shape index (κ3) is 2.70. The zero-order valence-corrected chi connectivity index (χ0v) is 15.9. The Bertz CT molecular complexity index is 1230. The number of aromatic nitrogens is 4. The zero-order chi connectivity index (χ0) is 19.8. The van der Waals surface area contributed by atoms with Crippen LogP contribution in [-0.2, 0) is 4.74 Å². The van der Waals surface area contributed by atoms with Crippen molar-refractivity contribution in [3.8, 4) is 5.69 Å². The molecule has 0 atom stereocenters. The number of rotatable bonds is 4. The zero-order valence-electron chi connectivity index (χ0n) is 15.9.